The van der Waals surface area contributed by atoms with Crippen LogP contribution in [0, 0.1) is 5.82 Å². The number of fused-ring (bicyclic) bond motifs is 1. The molecule has 0 atom stereocenters. The summed E-state index contributed by atoms with van der Waals surface area (Å²) in [6.07, 6.45) is 1.65. The fourth-order valence-corrected chi connectivity index (χ4v) is 5.22. The molecule has 0 radical (unpaired) electrons. The Balaban J connectivity index is 1.31. The number of aromatic hydroxyl groups is 1. The van der Waals surface area contributed by atoms with Gasteiger partial charge in [0.15, 0.2) is 5.65 Å². The van der Waals surface area contributed by atoms with E-state index in [1.54, 1.807) is 41.0 Å². The average molecular weight is 582 g/mol. The van der Waals surface area contributed by atoms with Crippen molar-refractivity contribution >= 4 is 37.4 Å². The molecule has 0 unspecified atom stereocenters. The SMILES string of the molecule is O=S(=O)(NCc1ccc(CNc2cc(-c3ccccc3O)nc3c(Br)cnn23)cc1)c1ccccc1F. The highest BCUT2D eigenvalue weighted by atomic mass is 79.9. The largest absolute Gasteiger partial charge is 0.507 e. The first kappa shape index (κ1) is 24.9. The normalized spacial score (nSPS) is 11.6. The lowest BCUT2D eigenvalue weighted by atomic mass is 10.1. The summed E-state index contributed by atoms with van der Waals surface area (Å²) in [6.45, 7) is 0.485. The monoisotopic (exact) mass is 581 g/mol. The second-order valence-corrected chi connectivity index (χ2v) is 10.8. The lowest BCUT2D eigenvalue weighted by molar-refractivity contribution is 0.477. The predicted octanol–water partition coefficient (Wildman–Crippen LogP) is 5.09. The van der Waals surface area contributed by atoms with E-state index in [2.05, 4.69) is 36.1 Å². The number of rotatable bonds is 8. The Morgan fingerprint density at radius 3 is 2.35 bits per heavy atom. The molecule has 0 bridgehead atoms. The van der Waals surface area contributed by atoms with Crippen molar-refractivity contribution in [3.8, 4) is 17.0 Å². The number of phenols is 1. The van der Waals surface area contributed by atoms with Crippen molar-refractivity contribution in [3.63, 3.8) is 0 Å². The summed E-state index contributed by atoms with van der Waals surface area (Å²) in [4.78, 5) is 4.25. The first-order chi connectivity index (χ1) is 17.8. The lowest BCUT2D eigenvalue weighted by Crippen LogP contribution is -2.24. The number of sulfonamides is 1. The van der Waals surface area contributed by atoms with Crippen molar-refractivity contribution in [1.29, 1.82) is 0 Å². The second-order valence-electron chi connectivity index (χ2n) is 8.20. The van der Waals surface area contributed by atoms with E-state index in [1.807, 2.05) is 24.3 Å². The van der Waals surface area contributed by atoms with Crippen LogP contribution in [0.15, 0.2) is 94.4 Å². The van der Waals surface area contributed by atoms with Crippen molar-refractivity contribution < 1.29 is 17.9 Å². The van der Waals surface area contributed by atoms with Crippen LogP contribution in [-0.2, 0) is 23.1 Å². The third-order valence-electron chi connectivity index (χ3n) is 5.70. The standard InChI is InChI=1S/C26H21BrFN5O3S/c27-20-16-30-33-25(13-22(32-26(20)33)19-5-1-3-7-23(19)34)29-14-17-9-11-18(12-10-17)15-31-37(35,36)24-8-4-2-6-21(24)28/h1-13,16,29,31,34H,14-15H2. The molecule has 0 aliphatic carbocycles. The van der Waals surface area contributed by atoms with Gasteiger partial charge in [0.1, 0.15) is 22.3 Å². The van der Waals surface area contributed by atoms with Gasteiger partial charge >= 0.3 is 0 Å². The minimum Gasteiger partial charge on any atom is -0.507 e. The number of hydrogen-bond acceptors (Lipinski definition) is 6. The van der Waals surface area contributed by atoms with Crippen LogP contribution in [0.5, 0.6) is 5.75 Å². The van der Waals surface area contributed by atoms with E-state index in [0.29, 0.717) is 29.3 Å². The van der Waals surface area contributed by atoms with Crippen LogP contribution in [0.3, 0.4) is 0 Å². The van der Waals surface area contributed by atoms with Gasteiger partial charge in [-0.25, -0.2) is 22.5 Å². The maximum atomic E-state index is 13.9. The summed E-state index contributed by atoms with van der Waals surface area (Å²) in [5.74, 6) is 0.00863. The zero-order valence-electron chi connectivity index (χ0n) is 19.3. The van der Waals surface area contributed by atoms with E-state index in [-0.39, 0.29) is 17.2 Å². The van der Waals surface area contributed by atoms with Crippen LogP contribution in [0.4, 0.5) is 10.2 Å². The maximum absolute atomic E-state index is 13.9. The highest BCUT2D eigenvalue weighted by Crippen LogP contribution is 2.31. The molecule has 5 aromatic rings. The van der Waals surface area contributed by atoms with E-state index in [4.69, 9.17) is 0 Å². The first-order valence-corrected chi connectivity index (χ1v) is 13.5. The molecule has 2 heterocycles. The smallest absolute Gasteiger partial charge is 0.243 e. The van der Waals surface area contributed by atoms with E-state index in [0.717, 1.165) is 21.7 Å². The summed E-state index contributed by atoms with van der Waals surface area (Å²) in [6, 6.07) is 21.4. The average Bonchev–Trinajstić information content (AvgIpc) is 3.28. The van der Waals surface area contributed by atoms with Gasteiger partial charge in [0.05, 0.1) is 16.4 Å². The van der Waals surface area contributed by atoms with E-state index < -0.39 is 15.8 Å². The Morgan fingerprint density at radius 1 is 0.946 bits per heavy atom. The summed E-state index contributed by atoms with van der Waals surface area (Å²) in [5, 5.41) is 18.0. The number of para-hydroxylation sites is 1. The minimum absolute atomic E-state index is 0.0284. The lowest BCUT2D eigenvalue weighted by Gasteiger charge is -2.12. The third-order valence-corrected chi connectivity index (χ3v) is 7.69. The summed E-state index contributed by atoms with van der Waals surface area (Å²) < 4.78 is 43.5. The van der Waals surface area contributed by atoms with Crippen molar-refractivity contribution in [3.05, 3.63) is 106 Å². The van der Waals surface area contributed by atoms with Crippen LogP contribution >= 0.6 is 15.9 Å². The summed E-state index contributed by atoms with van der Waals surface area (Å²) in [7, 11) is -3.97. The van der Waals surface area contributed by atoms with E-state index in [9.17, 15) is 17.9 Å². The maximum Gasteiger partial charge on any atom is 0.243 e. The van der Waals surface area contributed by atoms with Gasteiger partial charge in [-0.05, 0) is 51.3 Å². The van der Waals surface area contributed by atoms with E-state index in [1.165, 1.54) is 18.2 Å². The number of nitrogens with one attached hydrogen (secondary N) is 2. The van der Waals surface area contributed by atoms with Gasteiger partial charge in [-0.1, -0.05) is 48.5 Å². The molecule has 8 nitrogen and oxygen atoms in total. The Labute approximate surface area is 221 Å². The zero-order valence-corrected chi connectivity index (χ0v) is 21.7. The fraction of sp³-hybridized carbons (Fsp3) is 0.0769. The summed E-state index contributed by atoms with van der Waals surface area (Å²) >= 11 is 3.47. The molecule has 0 spiro atoms. The minimum atomic E-state index is -3.97. The van der Waals surface area contributed by atoms with Crippen molar-refractivity contribution in [2.45, 2.75) is 18.0 Å². The zero-order chi connectivity index (χ0) is 26.0. The van der Waals surface area contributed by atoms with Gasteiger partial charge < -0.3 is 10.4 Å². The first-order valence-electron chi connectivity index (χ1n) is 11.2. The molecule has 0 saturated heterocycles. The molecule has 0 fully saturated rings. The number of hydrogen-bond donors (Lipinski definition) is 3. The van der Waals surface area contributed by atoms with E-state index >= 15 is 0 Å². The van der Waals surface area contributed by atoms with Gasteiger partial charge in [-0.15, -0.1) is 0 Å². The second kappa shape index (κ2) is 10.3. The fourth-order valence-electron chi connectivity index (χ4n) is 3.78. The molecule has 0 saturated carbocycles. The van der Waals surface area contributed by atoms with Crippen molar-refractivity contribution in [2.75, 3.05) is 5.32 Å². The number of aromatic nitrogens is 3. The molecule has 0 aliphatic rings. The molecule has 2 aromatic heterocycles. The van der Waals surface area contributed by atoms with Crippen molar-refractivity contribution in [1.82, 2.24) is 19.3 Å². The van der Waals surface area contributed by atoms with Crippen molar-refractivity contribution in [2.24, 2.45) is 0 Å². The van der Waals surface area contributed by atoms with Crippen LogP contribution < -0.4 is 10.0 Å². The number of halogens is 2. The molecule has 5 rings (SSSR count). The van der Waals surface area contributed by atoms with Crippen LogP contribution in [0.1, 0.15) is 11.1 Å². The predicted molar refractivity (Wildman–Crippen MR) is 142 cm³/mol. The van der Waals surface area contributed by atoms with Crippen LogP contribution in [-0.4, -0.2) is 28.1 Å². The van der Waals surface area contributed by atoms with Gasteiger partial charge in [0, 0.05) is 24.7 Å². The number of benzene rings is 3. The Kier molecular flexibility index (Phi) is 6.92. The number of nitrogens with zero attached hydrogens (tertiary/aromatic N) is 3. The third kappa shape index (κ3) is 5.33. The van der Waals surface area contributed by atoms with Gasteiger partial charge in [0.2, 0.25) is 10.0 Å². The molecule has 37 heavy (non-hydrogen) atoms. The molecule has 11 heteroatoms. The highest BCUT2D eigenvalue weighted by Gasteiger charge is 2.18. The quantitative estimate of drug-likeness (QED) is 0.235. The molecule has 3 aromatic carbocycles. The molecule has 188 valence electrons. The van der Waals surface area contributed by atoms with Crippen LogP contribution in [0.2, 0.25) is 0 Å². The molecule has 0 amide bonds. The van der Waals surface area contributed by atoms with Gasteiger partial charge in [-0.3, -0.25) is 0 Å². The molecule has 3 N–H and O–H groups in total. The number of anilines is 1. The van der Waals surface area contributed by atoms with Crippen LogP contribution in [0.25, 0.3) is 16.9 Å². The Bertz CT molecular complexity index is 1690. The number of phenolic OH excluding ortho intramolecular Hbond substituents is 1. The Hall–Kier alpha value is -3.80. The Morgan fingerprint density at radius 2 is 1.62 bits per heavy atom. The molecule has 0 aliphatic heterocycles. The molecular weight excluding hydrogens is 561 g/mol. The van der Waals surface area contributed by atoms with Gasteiger partial charge in [0.25, 0.3) is 0 Å². The topological polar surface area (TPSA) is 109 Å². The highest BCUT2D eigenvalue weighted by molar-refractivity contribution is 9.10. The van der Waals surface area contributed by atoms with Gasteiger partial charge in [-0.2, -0.15) is 9.61 Å². The summed E-state index contributed by atoms with van der Waals surface area (Å²) in [5.41, 5.74) is 3.46. The molecular formula is C26H21BrFN5O3S.